The molecule has 0 fully saturated rings. The fourth-order valence-electron chi connectivity index (χ4n) is 0.729. The van der Waals surface area contributed by atoms with Crippen LogP contribution in [-0.4, -0.2) is 36.4 Å². The van der Waals surface area contributed by atoms with Gasteiger partial charge in [-0.1, -0.05) is 0 Å². The fourth-order valence-corrected chi connectivity index (χ4v) is 1.52. The number of nitrogens with two attached hydrogens (primary N) is 2. The number of rotatable bonds is 7. The van der Waals surface area contributed by atoms with Crippen LogP contribution in [0.5, 0.6) is 0 Å². The van der Waals surface area contributed by atoms with Gasteiger partial charge in [0.2, 0.25) is 0 Å². The summed E-state index contributed by atoms with van der Waals surface area (Å²) in [6.45, 7) is 2.05. The highest BCUT2D eigenvalue weighted by Gasteiger charge is 2.02. The van der Waals surface area contributed by atoms with Crippen molar-refractivity contribution >= 4 is 24.0 Å². The first kappa shape index (κ1) is 14.0. The van der Waals surface area contributed by atoms with Crippen molar-refractivity contribution in [2.45, 2.75) is 13.0 Å². The van der Waals surface area contributed by atoms with Crippen LogP contribution in [0.25, 0.3) is 0 Å². The summed E-state index contributed by atoms with van der Waals surface area (Å²) in [6, 6.07) is -0.481. The van der Waals surface area contributed by atoms with Gasteiger partial charge in [-0.05, 0) is 6.92 Å². The molecule has 5 nitrogen and oxygen atoms in total. The van der Waals surface area contributed by atoms with Crippen LogP contribution in [0.1, 0.15) is 6.92 Å². The van der Waals surface area contributed by atoms with E-state index in [0.29, 0.717) is 30.1 Å². The van der Waals surface area contributed by atoms with Gasteiger partial charge in [-0.25, -0.2) is 4.79 Å². The molecule has 0 rings (SSSR count). The quantitative estimate of drug-likeness (QED) is 0.354. The first-order valence-electron chi connectivity index (χ1n) is 4.51. The molecule has 0 spiro atoms. The first-order valence-corrected chi connectivity index (χ1v) is 5.67. The highest BCUT2D eigenvalue weighted by molar-refractivity contribution is 7.99. The standard InChI is InChI=1S/C9H16N2O3S/c1-2-14-9(13)3-7(10)5-15-6-8(11)4-12/h3-4,8H,2,5-6,10-11H2,1H3. The molecule has 0 amide bonds. The van der Waals surface area contributed by atoms with Gasteiger partial charge in [-0.15, -0.1) is 0 Å². The molecule has 0 saturated heterocycles. The Kier molecular flexibility index (Phi) is 7.75. The van der Waals surface area contributed by atoms with Crippen molar-refractivity contribution in [2.24, 2.45) is 11.5 Å². The van der Waals surface area contributed by atoms with E-state index in [9.17, 15) is 9.59 Å². The predicted octanol–water partition coefficient (Wildman–Crippen LogP) is -0.348. The Morgan fingerprint density at radius 2 is 2.27 bits per heavy atom. The van der Waals surface area contributed by atoms with Gasteiger partial charge in [0.25, 0.3) is 0 Å². The molecule has 0 bridgehead atoms. The monoisotopic (exact) mass is 232 g/mol. The zero-order valence-corrected chi connectivity index (χ0v) is 9.46. The van der Waals surface area contributed by atoms with Crippen LogP contribution in [0.3, 0.4) is 0 Å². The minimum Gasteiger partial charge on any atom is -0.463 e. The SMILES string of the molecule is CCOC(=O)C=C(N)CSCC(N)C=O. The van der Waals surface area contributed by atoms with Gasteiger partial charge in [0.1, 0.15) is 6.29 Å². The van der Waals surface area contributed by atoms with Crippen molar-refractivity contribution in [2.75, 3.05) is 18.1 Å². The largest absolute Gasteiger partial charge is 0.463 e. The summed E-state index contributed by atoms with van der Waals surface area (Å²) in [5, 5.41) is 0. The molecule has 0 aliphatic rings. The summed E-state index contributed by atoms with van der Waals surface area (Å²) in [7, 11) is 0. The molecule has 0 aromatic carbocycles. The Bertz CT molecular complexity index is 244. The van der Waals surface area contributed by atoms with E-state index in [2.05, 4.69) is 4.74 Å². The zero-order chi connectivity index (χ0) is 11.7. The van der Waals surface area contributed by atoms with Crippen molar-refractivity contribution in [3.05, 3.63) is 11.8 Å². The maximum Gasteiger partial charge on any atom is 0.332 e. The highest BCUT2D eigenvalue weighted by atomic mass is 32.2. The van der Waals surface area contributed by atoms with Gasteiger partial charge in [-0.3, -0.25) is 0 Å². The lowest BCUT2D eigenvalue weighted by molar-refractivity contribution is -0.137. The number of carbonyl (C=O) groups is 2. The van der Waals surface area contributed by atoms with E-state index in [4.69, 9.17) is 11.5 Å². The molecule has 0 aliphatic heterocycles. The average molecular weight is 232 g/mol. The van der Waals surface area contributed by atoms with Crippen LogP contribution < -0.4 is 11.5 Å². The van der Waals surface area contributed by atoms with Crippen molar-refractivity contribution in [3.63, 3.8) is 0 Å². The average Bonchev–Trinajstić information content (AvgIpc) is 2.17. The Hall–Kier alpha value is -1.01. The molecule has 15 heavy (non-hydrogen) atoms. The maximum atomic E-state index is 10.9. The molecule has 4 N–H and O–H groups in total. The van der Waals surface area contributed by atoms with Crippen LogP contribution in [0.15, 0.2) is 11.8 Å². The van der Waals surface area contributed by atoms with Gasteiger partial charge in [0.05, 0.1) is 12.6 Å². The number of aldehydes is 1. The summed E-state index contributed by atoms with van der Waals surface area (Å²) in [5.41, 5.74) is 11.3. The third-order valence-corrected chi connectivity index (χ3v) is 2.50. The van der Waals surface area contributed by atoms with E-state index < -0.39 is 12.0 Å². The van der Waals surface area contributed by atoms with E-state index in [0.717, 1.165) is 0 Å². The van der Waals surface area contributed by atoms with E-state index in [1.165, 1.54) is 17.8 Å². The summed E-state index contributed by atoms with van der Waals surface area (Å²) < 4.78 is 4.68. The zero-order valence-electron chi connectivity index (χ0n) is 8.64. The maximum absolute atomic E-state index is 10.9. The van der Waals surface area contributed by atoms with Gasteiger partial charge in [0, 0.05) is 23.3 Å². The second kappa shape index (κ2) is 8.31. The lowest BCUT2D eigenvalue weighted by atomic mass is 10.4. The molecule has 0 aromatic heterocycles. The topological polar surface area (TPSA) is 95.4 Å². The number of esters is 1. The third-order valence-electron chi connectivity index (χ3n) is 1.34. The van der Waals surface area contributed by atoms with Crippen molar-refractivity contribution < 1.29 is 14.3 Å². The fraction of sp³-hybridized carbons (Fsp3) is 0.556. The molecule has 0 radical (unpaired) electrons. The van der Waals surface area contributed by atoms with Crippen LogP contribution in [0.2, 0.25) is 0 Å². The van der Waals surface area contributed by atoms with Crippen molar-refractivity contribution in [1.82, 2.24) is 0 Å². The molecule has 0 aliphatic carbocycles. The summed E-state index contributed by atoms with van der Waals surface area (Å²) in [5.74, 6) is 0.497. The summed E-state index contributed by atoms with van der Waals surface area (Å²) in [4.78, 5) is 21.1. The van der Waals surface area contributed by atoms with Gasteiger partial charge < -0.3 is 21.0 Å². The molecular formula is C9H16N2O3S. The third kappa shape index (κ3) is 8.02. The van der Waals surface area contributed by atoms with Crippen LogP contribution in [-0.2, 0) is 14.3 Å². The molecule has 1 unspecified atom stereocenters. The molecule has 1 atom stereocenters. The van der Waals surface area contributed by atoms with Crippen LogP contribution in [0, 0.1) is 0 Å². The summed E-state index contributed by atoms with van der Waals surface area (Å²) in [6.07, 6.45) is 1.92. The normalized spacial score (nSPS) is 13.3. The number of carbonyl (C=O) groups excluding carboxylic acids is 2. The van der Waals surface area contributed by atoms with Crippen LogP contribution in [0.4, 0.5) is 0 Å². The molecule has 86 valence electrons. The smallest absolute Gasteiger partial charge is 0.332 e. The van der Waals surface area contributed by atoms with Crippen LogP contribution >= 0.6 is 11.8 Å². The molecule has 0 saturated carbocycles. The Balaban J connectivity index is 3.77. The second-order valence-corrected chi connectivity index (χ2v) is 3.82. The second-order valence-electron chi connectivity index (χ2n) is 2.79. The minimum absolute atomic E-state index is 0.325. The van der Waals surface area contributed by atoms with E-state index in [1.54, 1.807) is 6.92 Å². The molecule has 6 heteroatoms. The van der Waals surface area contributed by atoms with Crippen molar-refractivity contribution in [1.29, 1.82) is 0 Å². The lowest BCUT2D eigenvalue weighted by Crippen LogP contribution is -2.24. The van der Waals surface area contributed by atoms with Gasteiger partial charge in [-0.2, -0.15) is 11.8 Å². The first-order chi connectivity index (χ1) is 7.10. The van der Waals surface area contributed by atoms with E-state index in [1.807, 2.05) is 0 Å². The number of hydrogen-bond donors (Lipinski definition) is 2. The number of thioether (sulfide) groups is 1. The highest BCUT2D eigenvalue weighted by Crippen LogP contribution is 2.04. The Morgan fingerprint density at radius 1 is 1.60 bits per heavy atom. The van der Waals surface area contributed by atoms with Crippen molar-refractivity contribution in [3.8, 4) is 0 Å². The van der Waals surface area contributed by atoms with Gasteiger partial charge >= 0.3 is 5.97 Å². The number of ether oxygens (including phenoxy) is 1. The van der Waals surface area contributed by atoms with Gasteiger partial charge in [0.15, 0.2) is 0 Å². The predicted molar refractivity (Wildman–Crippen MR) is 60.3 cm³/mol. The summed E-state index contributed by atoms with van der Waals surface area (Å²) >= 11 is 1.40. The Labute approximate surface area is 93.2 Å². The van der Waals surface area contributed by atoms with E-state index in [-0.39, 0.29) is 0 Å². The van der Waals surface area contributed by atoms with E-state index >= 15 is 0 Å². The lowest BCUT2D eigenvalue weighted by Gasteiger charge is -2.04. The Morgan fingerprint density at radius 3 is 2.80 bits per heavy atom. The molecule has 0 heterocycles. The minimum atomic E-state index is -0.481. The molecular weight excluding hydrogens is 216 g/mol. The number of hydrogen-bond acceptors (Lipinski definition) is 6. The molecule has 0 aromatic rings.